The largest absolute Gasteiger partial charge is 0.370 e. The van der Waals surface area contributed by atoms with Crippen LogP contribution in [-0.2, 0) is 9.59 Å². The van der Waals surface area contributed by atoms with Gasteiger partial charge in [0.15, 0.2) is 0 Å². The third-order valence-corrected chi connectivity index (χ3v) is 1.58. The Kier molecular flexibility index (Phi) is 4.51. The Morgan fingerprint density at radius 2 is 1.92 bits per heavy atom. The first-order valence-corrected chi connectivity index (χ1v) is 3.88. The predicted octanol–water partition coefficient (Wildman–Crippen LogP) is 0.614. The lowest BCUT2D eigenvalue weighted by molar-refractivity contribution is -0.133. The Morgan fingerprint density at radius 1 is 1.46 bits per heavy atom. The second kappa shape index (κ2) is 5.13. The zero-order valence-corrected chi connectivity index (χ0v) is 7.69. The smallest absolute Gasteiger partial charge is 0.233 e. The van der Waals surface area contributed by atoms with Crippen LogP contribution in [0.1, 0.15) is 13.3 Å². The van der Waals surface area contributed by atoms with E-state index in [0.717, 1.165) is 0 Å². The number of nitrogens with two attached hydrogens (primary N) is 1. The molecule has 0 saturated carbocycles. The molecule has 0 aromatic rings. The summed E-state index contributed by atoms with van der Waals surface area (Å²) in [6.45, 7) is 8.50. The molecule has 0 saturated heterocycles. The molecular weight excluding hydrogens is 168 g/mol. The summed E-state index contributed by atoms with van der Waals surface area (Å²) in [6.07, 6.45) is 2.72. The van der Waals surface area contributed by atoms with E-state index in [1.165, 1.54) is 17.3 Å². The molecule has 2 N–H and O–H groups in total. The number of primary amides is 1. The second-order valence-electron chi connectivity index (χ2n) is 2.68. The highest BCUT2D eigenvalue weighted by molar-refractivity contribution is 5.85. The molecule has 0 aromatic carbocycles. The van der Waals surface area contributed by atoms with Crippen LogP contribution in [-0.4, -0.2) is 16.7 Å². The van der Waals surface area contributed by atoms with E-state index >= 15 is 0 Å². The lowest BCUT2D eigenvalue weighted by atomic mass is 10.1. The summed E-state index contributed by atoms with van der Waals surface area (Å²) in [7, 11) is 0. The van der Waals surface area contributed by atoms with Gasteiger partial charge >= 0.3 is 0 Å². The quantitative estimate of drug-likeness (QED) is 0.677. The highest BCUT2D eigenvalue weighted by Gasteiger charge is 2.18. The molecule has 2 amide bonds. The van der Waals surface area contributed by atoms with Gasteiger partial charge in [-0.15, -0.1) is 0 Å². The van der Waals surface area contributed by atoms with E-state index in [-0.39, 0.29) is 12.3 Å². The molecule has 4 heteroatoms. The van der Waals surface area contributed by atoms with Crippen molar-refractivity contribution in [3.05, 3.63) is 25.6 Å². The molecule has 13 heavy (non-hydrogen) atoms. The van der Waals surface area contributed by atoms with Gasteiger partial charge in [-0.05, 0) is 0 Å². The van der Waals surface area contributed by atoms with E-state index in [1.807, 2.05) is 0 Å². The number of hydrogen-bond acceptors (Lipinski definition) is 2. The number of carbonyl (C=O) groups excluding carboxylic acids is 2. The molecule has 1 atom stereocenters. The van der Waals surface area contributed by atoms with Crippen LogP contribution in [0.5, 0.6) is 0 Å². The number of rotatable bonds is 5. The molecule has 0 rings (SSSR count). The Labute approximate surface area is 77.7 Å². The lowest BCUT2D eigenvalue weighted by Crippen LogP contribution is -2.29. The van der Waals surface area contributed by atoms with Crippen LogP contribution in [0.3, 0.4) is 0 Å². The van der Waals surface area contributed by atoms with Crippen LogP contribution in [0.15, 0.2) is 25.6 Å². The molecule has 4 nitrogen and oxygen atoms in total. The average molecular weight is 182 g/mol. The Bertz CT molecular complexity index is 228. The van der Waals surface area contributed by atoms with Gasteiger partial charge in [0.1, 0.15) is 0 Å². The maximum Gasteiger partial charge on any atom is 0.233 e. The van der Waals surface area contributed by atoms with E-state index in [1.54, 1.807) is 6.92 Å². The average Bonchev–Trinajstić information content (AvgIpc) is 2.05. The third kappa shape index (κ3) is 3.55. The highest BCUT2D eigenvalue weighted by Crippen LogP contribution is 2.07. The summed E-state index contributed by atoms with van der Waals surface area (Å²) >= 11 is 0. The van der Waals surface area contributed by atoms with Crippen LogP contribution in [0.4, 0.5) is 0 Å². The summed E-state index contributed by atoms with van der Waals surface area (Å²) in [5.74, 6) is -1.16. The molecule has 72 valence electrons. The van der Waals surface area contributed by atoms with Gasteiger partial charge in [0.2, 0.25) is 11.8 Å². The maximum absolute atomic E-state index is 11.4. The number of nitrogens with zero attached hydrogens (tertiary/aromatic N) is 1. The fourth-order valence-corrected chi connectivity index (χ4v) is 0.898. The van der Waals surface area contributed by atoms with Gasteiger partial charge < -0.3 is 5.73 Å². The molecule has 1 unspecified atom stereocenters. The molecule has 0 heterocycles. The van der Waals surface area contributed by atoms with Gasteiger partial charge in [0.25, 0.3) is 0 Å². The molecule has 0 aliphatic rings. The molecule has 0 aliphatic carbocycles. The Morgan fingerprint density at radius 3 is 2.23 bits per heavy atom. The normalized spacial score (nSPS) is 11.5. The minimum absolute atomic E-state index is 0.0387. The van der Waals surface area contributed by atoms with Crippen LogP contribution in [0.2, 0.25) is 0 Å². The van der Waals surface area contributed by atoms with Gasteiger partial charge in [0.05, 0.1) is 0 Å². The molecule has 0 aliphatic heterocycles. The first-order valence-electron chi connectivity index (χ1n) is 3.88. The standard InChI is InChI=1S/C9H14N2O2/c1-4-11(5-2)9(13)7(3)6-8(10)12/h4-5,7H,1-2,6H2,3H3,(H2,10,12). The van der Waals surface area contributed by atoms with Crippen molar-refractivity contribution in [2.75, 3.05) is 0 Å². The Hall–Kier alpha value is -1.58. The van der Waals surface area contributed by atoms with Crippen molar-refractivity contribution < 1.29 is 9.59 Å². The SMILES string of the molecule is C=CN(C=C)C(=O)C(C)CC(N)=O. The highest BCUT2D eigenvalue weighted by atomic mass is 16.2. The van der Waals surface area contributed by atoms with Crippen molar-refractivity contribution in [1.82, 2.24) is 4.90 Å². The minimum Gasteiger partial charge on any atom is -0.370 e. The zero-order chi connectivity index (χ0) is 10.4. The Balaban J connectivity index is 4.30. The number of hydrogen-bond donors (Lipinski definition) is 1. The molecule has 0 radical (unpaired) electrons. The number of amides is 2. The van der Waals surface area contributed by atoms with E-state index in [2.05, 4.69) is 13.2 Å². The van der Waals surface area contributed by atoms with Crippen molar-refractivity contribution in [3.63, 3.8) is 0 Å². The fourth-order valence-electron chi connectivity index (χ4n) is 0.898. The summed E-state index contributed by atoms with van der Waals surface area (Å²) < 4.78 is 0. The van der Waals surface area contributed by atoms with Gasteiger partial charge in [-0.1, -0.05) is 20.1 Å². The third-order valence-electron chi connectivity index (χ3n) is 1.58. The van der Waals surface area contributed by atoms with Gasteiger partial charge in [0, 0.05) is 24.7 Å². The molecule has 0 aromatic heterocycles. The fraction of sp³-hybridized carbons (Fsp3) is 0.333. The maximum atomic E-state index is 11.4. The molecule has 0 fully saturated rings. The first kappa shape index (κ1) is 11.4. The molecule has 0 spiro atoms. The van der Waals surface area contributed by atoms with Crippen LogP contribution < -0.4 is 5.73 Å². The van der Waals surface area contributed by atoms with E-state index in [9.17, 15) is 9.59 Å². The van der Waals surface area contributed by atoms with E-state index < -0.39 is 11.8 Å². The van der Waals surface area contributed by atoms with Gasteiger partial charge in [-0.25, -0.2) is 0 Å². The van der Waals surface area contributed by atoms with Crippen molar-refractivity contribution in [2.24, 2.45) is 11.7 Å². The first-order chi connectivity index (χ1) is 6.02. The summed E-state index contributed by atoms with van der Waals surface area (Å²) in [6, 6.07) is 0. The van der Waals surface area contributed by atoms with Crippen LogP contribution in [0.25, 0.3) is 0 Å². The summed E-state index contributed by atoms with van der Waals surface area (Å²) in [5.41, 5.74) is 4.95. The van der Waals surface area contributed by atoms with E-state index in [0.29, 0.717) is 0 Å². The van der Waals surface area contributed by atoms with Gasteiger partial charge in [-0.3, -0.25) is 14.5 Å². The van der Waals surface area contributed by atoms with Crippen LogP contribution in [0, 0.1) is 5.92 Å². The number of carbonyl (C=O) groups is 2. The monoisotopic (exact) mass is 182 g/mol. The van der Waals surface area contributed by atoms with Crippen molar-refractivity contribution in [1.29, 1.82) is 0 Å². The van der Waals surface area contributed by atoms with E-state index in [4.69, 9.17) is 5.73 Å². The van der Waals surface area contributed by atoms with Crippen LogP contribution >= 0.6 is 0 Å². The van der Waals surface area contributed by atoms with Crippen molar-refractivity contribution in [2.45, 2.75) is 13.3 Å². The van der Waals surface area contributed by atoms with Crippen molar-refractivity contribution in [3.8, 4) is 0 Å². The summed E-state index contributed by atoms with van der Waals surface area (Å²) in [4.78, 5) is 23.2. The molecular formula is C9H14N2O2. The predicted molar refractivity (Wildman–Crippen MR) is 50.2 cm³/mol. The second-order valence-corrected chi connectivity index (χ2v) is 2.68. The zero-order valence-electron chi connectivity index (χ0n) is 7.69. The lowest BCUT2D eigenvalue weighted by Gasteiger charge is -2.16. The van der Waals surface area contributed by atoms with Gasteiger partial charge in [-0.2, -0.15) is 0 Å². The minimum atomic E-state index is -0.492. The summed E-state index contributed by atoms with van der Waals surface area (Å²) in [5, 5.41) is 0. The molecule has 0 bridgehead atoms. The van der Waals surface area contributed by atoms with Crippen molar-refractivity contribution >= 4 is 11.8 Å². The topological polar surface area (TPSA) is 63.4 Å².